The molecule has 1 atom stereocenters. The Morgan fingerprint density at radius 2 is 0.457 bits per heavy atom. The van der Waals surface area contributed by atoms with Crippen LogP contribution in [0.25, 0.3) is 0 Å². The molecule has 0 heterocycles. The number of unbranched alkanes of at least 4 members (excludes halogenated alkanes) is 12. The molecule has 0 amide bonds. The van der Waals surface area contributed by atoms with Crippen LogP contribution in [0.1, 0.15) is 239 Å². The summed E-state index contributed by atoms with van der Waals surface area (Å²) in [7, 11) is 0. The fourth-order valence-corrected chi connectivity index (χ4v) is 7.92. The number of hydrogen-bond donors (Lipinski definition) is 0. The molecule has 0 aromatic rings. The van der Waals surface area contributed by atoms with Crippen molar-refractivity contribution in [2.45, 2.75) is 245 Å². The molecule has 81 heavy (non-hydrogen) atoms. The Bertz CT molecular complexity index is 1950. The second-order valence-electron chi connectivity index (χ2n) is 20.2. The minimum absolute atomic E-state index is 0.125. The highest BCUT2D eigenvalue weighted by Crippen LogP contribution is 2.13. The Hall–Kier alpha value is -5.75. The molecule has 1 unspecified atom stereocenters. The predicted octanol–water partition coefficient (Wildman–Crippen LogP) is 22.2. The molecule has 0 aliphatic carbocycles. The van der Waals surface area contributed by atoms with E-state index in [1.165, 1.54) is 19.3 Å². The molecule has 0 radical (unpaired) electrons. The van der Waals surface area contributed by atoms with Crippen LogP contribution in [0, 0.1) is 0 Å². The molecular formula is C75H114O6. The lowest BCUT2D eigenvalue weighted by molar-refractivity contribution is -0.167. The quantitative estimate of drug-likeness (QED) is 0.0261. The first-order valence-electron chi connectivity index (χ1n) is 31.9. The van der Waals surface area contributed by atoms with Gasteiger partial charge in [0.25, 0.3) is 0 Å². The lowest BCUT2D eigenvalue weighted by Gasteiger charge is -2.18. The summed E-state index contributed by atoms with van der Waals surface area (Å²) in [4.78, 5) is 38.3. The lowest BCUT2D eigenvalue weighted by atomic mass is 10.1. The van der Waals surface area contributed by atoms with Gasteiger partial charge in [0.1, 0.15) is 13.2 Å². The van der Waals surface area contributed by atoms with Crippen molar-refractivity contribution in [1.29, 1.82) is 0 Å². The highest BCUT2D eigenvalue weighted by Gasteiger charge is 2.19. The van der Waals surface area contributed by atoms with Crippen LogP contribution in [-0.4, -0.2) is 37.2 Å². The number of allylic oxidation sites excluding steroid dienone is 32. The van der Waals surface area contributed by atoms with Gasteiger partial charge in [0.2, 0.25) is 0 Å². The van der Waals surface area contributed by atoms with E-state index in [0.717, 1.165) is 173 Å². The van der Waals surface area contributed by atoms with Gasteiger partial charge in [-0.2, -0.15) is 0 Å². The maximum Gasteiger partial charge on any atom is 0.306 e. The topological polar surface area (TPSA) is 78.9 Å². The zero-order valence-corrected chi connectivity index (χ0v) is 51.5. The molecule has 0 aliphatic heterocycles. The van der Waals surface area contributed by atoms with Crippen LogP contribution in [0.4, 0.5) is 0 Å². The SMILES string of the molecule is CC/C=C\C/C=C\C/C=C\C/C=C\C/C=C\C/C=C\C/C=C\CCCCCCCCCC(=O)OCC(COC(=O)CCCCCC/C=C\C/C=C\C/C=C\C/C=C\CC)OC(=O)CCC/C=C\C/C=C\C/C=C\C/C=C\C/C=C\CC. The van der Waals surface area contributed by atoms with Gasteiger partial charge in [0.05, 0.1) is 0 Å². The van der Waals surface area contributed by atoms with Crippen molar-refractivity contribution in [2.24, 2.45) is 0 Å². The third-order valence-corrected chi connectivity index (χ3v) is 12.6. The standard InChI is InChI=1S/C75H114O6/c1-4-7-10-13-16-19-22-25-28-31-32-33-34-35-36-37-38-39-40-41-42-45-47-50-53-56-59-62-65-68-74(77)80-71-72(81-75(78)69-66-63-60-57-54-51-48-44-30-27-24-21-18-15-12-9-6-3)70-79-73(76)67-64-61-58-55-52-49-46-43-29-26-23-20-17-14-11-8-5-2/h7-12,16-21,25-30,32-33,35-36,38-39,41-42,46,48-49,51,57,60,72H,4-6,13-15,22-24,31,34,37,40,43-45,47,50,52-56,58-59,61-71H2,1-3H3/b10-7-,11-8-,12-9-,19-16-,20-17-,21-18-,28-25-,29-26-,30-27-,33-32-,36-35-,39-38-,42-41-,49-46-,51-48-,60-57-. The molecular weight excluding hydrogens is 997 g/mol. The van der Waals surface area contributed by atoms with Gasteiger partial charge in [0.15, 0.2) is 6.10 Å². The molecule has 0 aliphatic rings. The largest absolute Gasteiger partial charge is 0.462 e. The Morgan fingerprint density at radius 1 is 0.247 bits per heavy atom. The second kappa shape index (κ2) is 66.8. The number of carbonyl (C=O) groups excluding carboxylic acids is 3. The summed E-state index contributed by atoms with van der Waals surface area (Å²) >= 11 is 0. The number of rotatable bonds is 55. The molecule has 6 nitrogen and oxygen atoms in total. The van der Waals surface area contributed by atoms with E-state index in [9.17, 15) is 14.4 Å². The average molecular weight is 1110 g/mol. The average Bonchev–Trinajstić information content (AvgIpc) is 3.47. The Labute approximate surface area is 497 Å². The summed E-state index contributed by atoms with van der Waals surface area (Å²) in [6.07, 6.45) is 102. The predicted molar refractivity (Wildman–Crippen MR) is 352 cm³/mol. The fraction of sp³-hybridized carbons (Fsp3) is 0.533. The number of ether oxygens (including phenoxy) is 3. The van der Waals surface area contributed by atoms with E-state index in [2.05, 4.69) is 215 Å². The molecule has 0 saturated carbocycles. The summed E-state index contributed by atoms with van der Waals surface area (Å²) in [5.74, 6) is -1.03. The van der Waals surface area contributed by atoms with Crippen molar-refractivity contribution < 1.29 is 28.6 Å². The first-order valence-corrected chi connectivity index (χ1v) is 31.9. The Kier molecular flexibility index (Phi) is 62.0. The maximum atomic E-state index is 12.9. The smallest absolute Gasteiger partial charge is 0.306 e. The minimum Gasteiger partial charge on any atom is -0.462 e. The second-order valence-corrected chi connectivity index (χ2v) is 20.2. The molecule has 450 valence electrons. The van der Waals surface area contributed by atoms with E-state index >= 15 is 0 Å². The summed E-state index contributed by atoms with van der Waals surface area (Å²) in [6.45, 7) is 6.20. The molecule has 0 aromatic carbocycles. The van der Waals surface area contributed by atoms with E-state index in [4.69, 9.17) is 14.2 Å². The zero-order chi connectivity index (χ0) is 58.5. The molecule has 0 spiro atoms. The summed E-state index contributed by atoms with van der Waals surface area (Å²) in [5.41, 5.74) is 0. The Balaban J connectivity index is 4.50. The van der Waals surface area contributed by atoms with Crippen molar-refractivity contribution in [3.8, 4) is 0 Å². The van der Waals surface area contributed by atoms with Crippen LogP contribution >= 0.6 is 0 Å². The van der Waals surface area contributed by atoms with Gasteiger partial charge in [-0.1, -0.05) is 260 Å². The first-order chi connectivity index (χ1) is 40.0. The third kappa shape index (κ3) is 64.9. The third-order valence-electron chi connectivity index (χ3n) is 12.6. The van der Waals surface area contributed by atoms with E-state index < -0.39 is 6.10 Å². The molecule has 6 heteroatoms. The molecule has 0 rings (SSSR count). The lowest BCUT2D eigenvalue weighted by Crippen LogP contribution is -2.30. The van der Waals surface area contributed by atoms with E-state index in [0.29, 0.717) is 19.3 Å². The Morgan fingerprint density at radius 3 is 0.728 bits per heavy atom. The van der Waals surface area contributed by atoms with Gasteiger partial charge < -0.3 is 14.2 Å². The van der Waals surface area contributed by atoms with E-state index in [1.807, 2.05) is 0 Å². The van der Waals surface area contributed by atoms with Gasteiger partial charge in [0, 0.05) is 19.3 Å². The zero-order valence-electron chi connectivity index (χ0n) is 51.5. The van der Waals surface area contributed by atoms with E-state index in [-0.39, 0.29) is 37.5 Å². The summed E-state index contributed by atoms with van der Waals surface area (Å²) in [6, 6.07) is 0. The highest BCUT2D eigenvalue weighted by molar-refractivity contribution is 5.71. The van der Waals surface area contributed by atoms with E-state index in [1.54, 1.807) is 0 Å². The number of carbonyl (C=O) groups is 3. The first kappa shape index (κ1) is 75.2. The number of esters is 3. The van der Waals surface area contributed by atoms with Crippen LogP contribution in [-0.2, 0) is 28.6 Å². The maximum absolute atomic E-state index is 12.9. The summed E-state index contributed by atoms with van der Waals surface area (Å²) in [5, 5.41) is 0. The van der Waals surface area contributed by atoms with Crippen molar-refractivity contribution in [3.63, 3.8) is 0 Å². The molecule has 0 fully saturated rings. The van der Waals surface area contributed by atoms with Crippen molar-refractivity contribution >= 4 is 17.9 Å². The molecule has 0 aromatic heterocycles. The highest BCUT2D eigenvalue weighted by atomic mass is 16.6. The fourth-order valence-electron chi connectivity index (χ4n) is 7.92. The van der Waals surface area contributed by atoms with Crippen molar-refractivity contribution in [2.75, 3.05) is 13.2 Å². The van der Waals surface area contributed by atoms with Gasteiger partial charge in [-0.05, 0) is 154 Å². The van der Waals surface area contributed by atoms with Gasteiger partial charge in [-0.25, -0.2) is 0 Å². The normalized spacial score (nSPS) is 13.5. The van der Waals surface area contributed by atoms with Gasteiger partial charge >= 0.3 is 17.9 Å². The molecule has 0 bridgehead atoms. The monoisotopic (exact) mass is 1110 g/mol. The minimum atomic E-state index is -0.836. The number of hydrogen-bond acceptors (Lipinski definition) is 6. The summed E-state index contributed by atoms with van der Waals surface area (Å²) < 4.78 is 16.8. The van der Waals surface area contributed by atoms with Crippen LogP contribution in [0.15, 0.2) is 194 Å². The van der Waals surface area contributed by atoms with Crippen LogP contribution in [0.3, 0.4) is 0 Å². The van der Waals surface area contributed by atoms with Crippen LogP contribution in [0.2, 0.25) is 0 Å². The van der Waals surface area contributed by atoms with Crippen molar-refractivity contribution in [1.82, 2.24) is 0 Å². The van der Waals surface area contributed by atoms with Crippen LogP contribution in [0.5, 0.6) is 0 Å². The molecule has 0 N–H and O–H groups in total. The van der Waals surface area contributed by atoms with Gasteiger partial charge in [-0.15, -0.1) is 0 Å². The molecule has 0 saturated heterocycles. The van der Waals surface area contributed by atoms with Crippen LogP contribution < -0.4 is 0 Å². The van der Waals surface area contributed by atoms with Crippen molar-refractivity contribution in [3.05, 3.63) is 194 Å². The van der Waals surface area contributed by atoms with Gasteiger partial charge in [-0.3, -0.25) is 14.4 Å².